The summed E-state index contributed by atoms with van der Waals surface area (Å²) in [5.41, 5.74) is 0.643. The summed E-state index contributed by atoms with van der Waals surface area (Å²) in [6.45, 7) is 5.23. The van der Waals surface area contributed by atoms with E-state index in [1.165, 1.54) is 6.07 Å². The summed E-state index contributed by atoms with van der Waals surface area (Å²) >= 11 is 0. The Balaban J connectivity index is 1.99. The van der Waals surface area contributed by atoms with Crippen LogP contribution in [0.3, 0.4) is 0 Å². The molecule has 7 nitrogen and oxygen atoms in total. The van der Waals surface area contributed by atoms with Gasteiger partial charge in [0.2, 0.25) is 0 Å². The fourth-order valence-corrected chi connectivity index (χ4v) is 2.92. The highest BCUT2D eigenvalue weighted by atomic mass is 16.6. The van der Waals surface area contributed by atoms with Crippen LogP contribution in [0.15, 0.2) is 18.2 Å². The third-order valence-corrected chi connectivity index (χ3v) is 4.19. The molecular formula is C16H24N4O3. The zero-order valence-electron chi connectivity index (χ0n) is 13.7. The van der Waals surface area contributed by atoms with Crippen molar-refractivity contribution in [2.45, 2.75) is 32.2 Å². The normalized spacial score (nSPS) is 16.1. The van der Waals surface area contributed by atoms with Gasteiger partial charge in [0.15, 0.2) is 0 Å². The second kappa shape index (κ2) is 7.92. The van der Waals surface area contributed by atoms with E-state index in [0.29, 0.717) is 11.3 Å². The zero-order chi connectivity index (χ0) is 16.8. The molecular weight excluding hydrogens is 296 g/mol. The summed E-state index contributed by atoms with van der Waals surface area (Å²) in [7, 11) is 1.62. The van der Waals surface area contributed by atoms with Gasteiger partial charge >= 0.3 is 0 Å². The number of amides is 1. The van der Waals surface area contributed by atoms with Gasteiger partial charge in [-0.25, -0.2) is 0 Å². The van der Waals surface area contributed by atoms with E-state index in [2.05, 4.69) is 22.5 Å². The minimum atomic E-state index is -0.480. The van der Waals surface area contributed by atoms with Crippen molar-refractivity contribution in [3.05, 3.63) is 33.9 Å². The molecule has 126 valence electrons. The van der Waals surface area contributed by atoms with Gasteiger partial charge in [0.05, 0.1) is 4.92 Å². The third kappa shape index (κ3) is 4.41. The molecule has 7 heteroatoms. The molecule has 0 aromatic heterocycles. The topological polar surface area (TPSA) is 87.5 Å². The molecule has 1 aliphatic rings. The fourth-order valence-electron chi connectivity index (χ4n) is 2.92. The lowest BCUT2D eigenvalue weighted by atomic mass is 10.0. The predicted molar refractivity (Wildman–Crippen MR) is 89.9 cm³/mol. The SMILES string of the molecule is CCCN1CCC(NC(=O)c2ccc(NC)c([N+](=O)[O-])c2)CC1. The second-order valence-electron chi connectivity index (χ2n) is 5.83. The number of likely N-dealkylation sites (tertiary alicyclic amines) is 1. The molecule has 0 unspecified atom stereocenters. The van der Waals surface area contributed by atoms with Crippen LogP contribution in [-0.4, -0.2) is 48.5 Å². The summed E-state index contributed by atoms with van der Waals surface area (Å²) in [5, 5.41) is 16.8. The quantitative estimate of drug-likeness (QED) is 0.620. The fraction of sp³-hybridized carbons (Fsp3) is 0.562. The Morgan fingerprint density at radius 1 is 1.39 bits per heavy atom. The van der Waals surface area contributed by atoms with E-state index in [-0.39, 0.29) is 17.6 Å². The number of nitrogens with one attached hydrogen (secondary N) is 2. The first kappa shape index (κ1) is 17.2. The molecule has 0 saturated carbocycles. The van der Waals surface area contributed by atoms with Crippen LogP contribution in [0.5, 0.6) is 0 Å². The largest absolute Gasteiger partial charge is 0.383 e. The third-order valence-electron chi connectivity index (χ3n) is 4.19. The van der Waals surface area contributed by atoms with Crippen LogP contribution in [0.1, 0.15) is 36.5 Å². The Morgan fingerprint density at radius 3 is 2.65 bits per heavy atom. The van der Waals surface area contributed by atoms with E-state index in [0.717, 1.165) is 38.9 Å². The number of hydrogen-bond acceptors (Lipinski definition) is 5. The van der Waals surface area contributed by atoms with Crippen LogP contribution in [0.25, 0.3) is 0 Å². The Labute approximate surface area is 136 Å². The number of piperidine rings is 1. The van der Waals surface area contributed by atoms with Crippen molar-refractivity contribution in [1.82, 2.24) is 10.2 Å². The van der Waals surface area contributed by atoms with Crippen LogP contribution in [0.2, 0.25) is 0 Å². The van der Waals surface area contributed by atoms with Crippen LogP contribution in [0, 0.1) is 10.1 Å². The smallest absolute Gasteiger partial charge is 0.293 e. The molecule has 1 aromatic carbocycles. The maximum Gasteiger partial charge on any atom is 0.293 e. The summed E-state index contributed by atoms with van der Waals surface area (Å²) in [5.74, 6) is -0.246. The maximum absolute atomic E-state index is 12.3. The Bertz CT molecular complexity index is 568. The summed E-state index contributed by atoms with van der Waals surface area (Å²) in [6.07, 6.45) is 2.98. The van der Waals surface area contributed by atoms with Crippen molar-refractivity contribution in [3.63, 3.8) is 0 Å². The summed E-state index contributed by atoms with van der Waals surface area (Å²) in [4.78, 5) is 25.3. The van der Waals surface area contributed by atoms with Crippen LogP contribution in [-0.2, 0) is 0 Å². The molecule has 2 rings (SSSR count). The summed E-state index contributed by atoms with van der Waals surface area (Å²) in [6, 6.07) is 4.64. The molecule has 1 fully saturated rings. The first-order valence-corrected chi connectivity index (χ1v) is 8.04. The van der Waals surface area contributed by atoms with Gasteiger partial charge in [0.25, 0.3) is 11.6 Å². The van der Waals surface area contributed by atoms with Gasteiger partial charge < -0.3 is 15.5 Å². The van der Waals surface area contributed by atoms with Crippen molar-refractivity contribution >= 4 is 17.3 Å². The van der Waals surface area contributed by atoms with Gasteiger partial charge in [-0.15, -0.1) is 0 Å². The number of anilines is 1. The lowest BCUT2D eigenvalue weighted by molar-refractivity contribution is -0.384. The van der Waals surface area contributed by atoms with Gasteiger partial charge in [0, 0.05) is 37.8 Å². The van der Waals surface area contributed by atoms with Crippen molar-refractivity contribution in [2.24, 2.45) is 0 Å². The number of hydrogen-bond donors (Lipinski definition) is 2. The monoisotopic (exact) mass is 320 g/mol. The molecule has 2 N–H and O–H groups in total. The molecule has 0 aliphatic carbocycles. The highest BCUT2D eigenvalue weighted by Gasteiger charge is 2.22. The molecule has 0 atom stereocenters. The molecule has 23 heavy (non-hydrogen) atoms. The molecule has 0 radical (unpaired) electrons. The summed E-state index contributed by atoms with van der Waals surface area (Å²) < 4.78 is 0. The Kier molecular flexibility index (Phi) is 5.92. The van der Waals surface area contributed by atoms with Gasteiger partial charge in [-0.2, -0.15) is 0 Å². The number of carbonyl (C=O) groups excluding carboxylic acids is 1. The van der Waals surface area contributed by atoms with Gasteiger partial charge in [0.1, 0.15) is 5.69 Å². The predicted octanol–water partition coefficient (Wildman–Crippen LogP) is 2.24. The average molecular weight is 320 g/mol. The van der Waals surface area contributed by atoms with Crippen LogP contribution in [0.4, 0.5) is 11.4 Å². The maximum atomic E-state index is 12.3. The van der Waals surface area contributed by atoms with Crippen LogP contribution < -0.4 is 10.6 Å². The molecule has 1 saturated heterocycles. The minimum absolute atomic E-state index is 0.0853. The second-order valence-corrected chi connectivity index (χ2v) is 5.83. The number of benzene rings is 1. The van der Waals surface area contributed by atoms with E-state index in [1.807, 2.05) is 0 Å². The number of rotatable bonds is 6. The number of nitrogens with zero attached hydrogens (tertiary/aromatic N) is 2. The number of nitro groups is 1. The Hall–Kier alpha value is -2.15. The molecule has 0 spiro atoms. The van der Waals surface area contributed by atoms with E-state index < -0.39 is 4.92 Å². The molecule has 1 aliphatic heterocycles. The number of carbonyl (C=O) groups is 1. The van der Waals surface area contributed by atoms with E-state index >= 15 is 0 Å². The molecule has 1 aromatic rings. The standard InChI is InChI=1S/C16H24N4O3/c1-3-8-19-9-6-13(7-10-19)18-16(21)12-4-5-14(17-2)15(11-12)20(22)23/h4-5,11,13,17H,3,6-10H2,1-2H3,(H,18,21). The van der Waals surface area contributed by atoms with Crippen molar-refractivity contribution in [2.75, 3.05) is 32.0 Å². The first-order valence-electron chi connectivity index (χ1n) is 8.04. The van der Waals surface area contributed by atoms with E-state index in [1.54, 1.807) is 19.2 Å². The van der Waals surface area contributed by atoms with E-state index in [9.17, 15) is 14.9 Å². The van der Waals surface area contributed by atoms with Crippen molar-refractivity contribution < 1.29 is 9.72 Å². The van der Waals surface area contributed by atoms with Crippen molar-refractivity contribution in [1.29, 1.82) is 0 Å². The van der Waals surface area contributed by atoms with Gasteiger partial charge in [-0.1, -0.05) is 6.92 Å². The zero-order valence-corrected chi connectivity index (χ0v) is 13.7. The first-order chi connectivity index (χ1) is 11.0. The van der Waals surface area contributed by atoms with Crippen LogP contribution >= 0.6 is 0 Å². The average Bonchev–Trinajstić information content (AvgIpc) is 2.56. The molecule has 1 heterocycles. The number of nitro benzene ring substituents is 1. The highest BCUT2D eigenvalue weighted by Crippen LogP contribution is 2.25. The molecule has 0 bridgehead atoms. The molecule has 1 amide bonds. The van der Waals surface area contributed by atoms with Gasteiger partial charge in [-0.3, -0.25) is 14.9 Å². The van der Waals surface area contributed by atoms with Gasteiger partial charge in [-0.05, 0) is 37.9 Å². The lowest BCUT2D eigenvalue weighted by Crippen LogP contribution is -2.44. The van der Waals surface area contributed by atoms with E-state index in [4.69, 9.17) is 0 Å². The van der Waals surface area contributed by atoms with Crippen molar-refractivity contribution in [3.8, 4) is 0 Å². The lowest BCUT2D eigenvalue weighted by Gasteiger charge is -2.32. The minimum Gasteiger partial charge on any atom is -0.383 e. The Morgan fingerprint density at radius 2 is 2.09 bits per heavy atom. The highest BCUT2D eigenvalue weighted by molar-refractivity contribution is 5.95.